The minimum absolute atomic E-state index is 0.0963. The molecule has 244 valence electrons. The summed E-state index contributed by atoms with van der Waals surface area (Å²) >= 11 is 0. The lowest BCUT2D eigenvalue weighted by Gasteiger charge is -2.60. The maximum atomic E-state index is 13.0. The number of aromatic hydroxyl groups is 1. The average Bonchev–Trinajstić information content (AvgIpc) is 2.96. The van der Waals surface area contributed by atoms with Crippen LogP contribution >= 0.6 is 0 Å². The minimum atomic E-state index is -0.278. The third kappa shape index (κ3) is 7.85. The van der Waals surface area contributed by atoms with Crippen molar-refractivity contribution >= 4 is 11.9 Å². The maximum Gasteiger partial charge on any atom is 0.338 e. The van der Waals surface area contributed by atoms with Crippen molar-refractivity contribution in [3.8, 4) is 5.75 Å². The van der Waals surface area contributed by atoms with Crippen LogP contribution in [0.5, 0.6) is 5.75 Å². The number of aryl methyl sites for hydroxylation is 1. The molecular weight excluding hydrogens is 550 g/mol. The Kier molecular flexibility index (Phi) is 11.0. The number of hydrogen-bond donors (Lipinski definition) is 1. The standard InChI is InChI=1S/C38H57NO5/c1-12-37(10)25-31(44-34(42)28-17-15-14-16-18-28)26(3)38(11,13-2)39(37)21-22-43-32(40)20-19-27-23-29(35(4,5)6)33(41)30(24-27)36(7,8)9/h14-18,23-24,26,31,41H,12-13,19-22,25H2,1-11H3. The third-order valence-electron chi connectivity index (χ3n) is 10.2. The normalized spacial score (nSPS) is 24.6. The molecule has 3 rings (SSSR count). The first kappa shape index (κ1) is 35.6. The molecule has 6 heteroatoms. The van der Waals surface area contributed by atoms with Crippen LogP contribution in [0.25, 0.3) is 0 Å². The van der Waals surface area contributed by atoms with E-state index in [-0.39, 0.29) is 52.3 Å². The van der Waals surface area contributed by atoms with Crippen LogP contribution in [0.3, 0.4) is 0 Å². The number of benzene rings is 2. The molecule has 0 aromatic heterocycles. The summed E-state index contributed by atoms with van der Waals surface area (Å²) in [5, 5.41) is 11.0. The van der Waals surface area contributed by atoms with E-state index in [4.69, 9.17) is 9.47 Å². The number of ether oxygens (including phenoxy) is 2. The van der Waals surface area contributed by atoms with Crippen LogP contribution in [0.1, 0.15) is 129 Å². The van der Waals surface area contributed by atoms with Gasteiger partial charge in [-0.25, -0.2) is 4.79 Å². The number of carbonyl (C=O) groups is 2. The third-order valence-corrected chi connectivity index (χ3v) is 10.2. The zero-order valence-electron chi connectivity index (χ0n) is 29.2. The number of phenols is 1. The molecule has 0 amide bonds. The molecule has 1 fully saturated rings. The molecule has 2 aromatic rings. The van der Waals surface area contributed by atoms with E-state index in [0.29, 0.717) is 30.9 Å². The van der Waals surface area contributed by atoms with E-state index in [0.717, 1.165) is 36.0 Å². The summed E-state index contributed by atoms with van der Waals surface area (Å²) in [6, 6.07) is 13.3. The van der Waals surface area contributed by atoms with Gasteiger partial charge in [0.2, 0.25) is 0 Å². The largest absolute Gasteiger partial charge is 0.507 e. The van der Waals surface area contributed by atoms with Crippen LogP contribution in [0.2, 0.25) is 0 Å². The Morgan fingerprint density at radius 3 is 2.02 bits per heavy atom. The number of carbonyl (C=O) groups excluding carboxylic acids is 2. The maximum absolute atomic E-state index is 13.0. The van der Waals surface area contributed by atoms with Gasteiger partial charge in [-0.2, -0.15) is 0 Å². The van der Waals surface area contributed by atoms with E-state index in [1.54, 1.807) is 12.1 Å². The number of piperidine rings is 1. The number of esters is 2. The number of phenolic OH excluding ortho intramolecular Hbond substituents is 1. The molecule has 0 aliphatic carbocycles. The monoisotopic (exact) mass is 607 g/mol. The zero-order valence-corrected chi connectivity index (χ0v) is 29.2. The number of nitrogens with zero attached hydrogens (tertiary/aromatic N) is 1. The fourth-order valence-electron chi connectivity index (χ4n) is 6.83. The van der Waals surface area contributed by atoms with Crippen molar-refractivity contribution in [3.63, 3.8) is 0 Å². The predicted molar refractivity (Wildman–Crippen MR) is 178 cm³/mol. The highest BCUT2D eigenvalue weighted by Crippen LogP contribution is 2.46. The van der Waals surface area contributed by atoms with Crippen LogP contribution in [0.4, 0.5) is 0 Å². The van der Waals surface area contributed by atoms with Gasteiger partial charge in [-0.15, -0.1) is 0 Å². The van der Waals surface area contributed by atoms with Crippen LogP contribution in [-0.2, 0) is 31.5 Å². The number of hydrogen-bond acceptors (Lipinski definition) is 6. The molecule has 44 heavy (non-hydrogen) atoms. The van der Waals surface area contributed by atoms with Crippen LogP contribution in [0.15, 0.2) is 42.5 Å². The lowest BCUT2D eigenvalue weighted by molar-refractivity contribution is -0.156. The van der Waals surface area contributed by atoms with Crippen molar-refractivity contribution in [2.75, 3.05) is 13.2 Å². The molecule has 1 heterocycles. The molecule has 0 spiro atoms. The summed E-state index contributed by atoms with van der Waals surface area (Å²) in [5.74, 6) is -0.0514. The van der Waals surface area contributed by atoms with Gasteiger partial charge in [0.15, 0.2) is 0 Å². The van der Waals surface area contributed by atoms with Crippen molar-refractivity contribution in [3.05, 3.63) is 64.7 Å². The van der Waals surface area contributed by atoms with Crippen molar-refractivity contribution in [1.29, 1.82) is 0 Å². The molecule has 6 nitrogen and oxygen atoms in total. The lowest BCUT2D eigenvalue weighted by atomic mass is 9.68. The highest BCUT2D eigenvalue weighted by atomic mass is 16.5. The Balaban J connectivity index is 1.68. The van der Waals surface area contributed by atoms with E-state index in [2.05, 4.69) is 81.1 Å². The summed E-state index contributed by atoms with van der Waals surface area (Å²) in [5.41, 5.74) is 2.51. The van der Waals surface area contributed by atoms with Gasteiger partial charge in [0.25, 0.3) is 0 Å². The van der Waals surface area contributed by atoms with Gasteiger partial charge < -0.3 is 14.6 Å². The molecule has 0 saturated carbocycles. The summed E-state index contributed by atoms with van der Waals surface area (Å²) in [6.07, 6.45) is 3.11. The highest BCUT2D eigenvalue weighted by molar-refractivity contribution is 5.89. The van der Waals surface area contributed by atoms with Gasteiger partial charge in [0, 0.05) is 36.4 Å². The van der Waals surface area contributed by atoms with Gasteiger partial charge in [0.1, 0.15) is 18.5 Å². The van der Waals surface area contributed by atoms with E-state index in [1.807, 2.05) is 30.3 Å². The van der Waals surface area contributed by atoms with E-state index in [9.17, 15) is 14.7 Å². The summed E-state index contributed by atoms with van der Waals surface area (Å²) in [6.45, 7) is 24.5. The second-order valence-corrected chi connectivity index (χ2v) is 15.3. The molecule has 0 bridgehead atoms. The van der Waals surface area contributed by atoms with Crippen LogP contribution < -0.4 is 0 Å². The Hall–Kier alpha value is -2.86. The van der Waals surface area contributed by atoms with Crippen molar-refractivity contribution in [2.24, 2.45) is 5.92 Å². The van der Waals surface area contributed by atoms with E-state index < -0.39 is 0 Å². The van der Waals surface area contributed by atoms with Crippen LogP contribution in [0, 0.1) is 5.92 Å². The van der Waals surface area contributed by atoms with Crippen molar-refractivity contribution in [2.45, 2.75) is 136 Å². The fraction of sp³-hybridized carbons (Fsp3) is 0.632. The molecule has 4 atom stereocenters. The molecule has 1 saturated heterocycles. The first-order chi connectivity index (χ1) is 20.4. The highest BCUT2D eigenvalue weighted by Gasteiger charge is 2.53. The molecule has 4 unspecified atom stereocenters. The fourth-order valence-corrected chi connectivity index (χ4v) is 6.83. The first-order valence-corrected chi connectivity index (χ1v) is 16.4. The van der Waals surface area contributed by atoms with Gasteiger partial charge in [-0.3, -0.25) is 9.69 Å². The molecule has 1 aliphatic heterocycles. The lowest BCUT2D eigenvalue weighted by Crippen LogP contribution is -2.68. The minimum Gasteiger partial charge on any atom is -0.507 e. The molecular formula is C38H57NO5. The topological polar surface area (TPSA) is 76.1 Å². The predicted octanol–water partition coefficient (Wildman–Crippen LogP) is 8.37. The van der Waals surface area contributed by atoms with E-state index >= 15 is 0 Å². The SMILES string of the molecule is CCC1(C)CC(OC(=O)c2ccccc2)C(C)C(C)(CC)N1CCOC(=O)CCc1cc(C(C)(C)C)c(O)c(C(C)(C)C)c1. The summed E-state index contributed by atoms with van der Waals surface area (Å²) in [7, 11) is 0. The molecule has 1 aliphatic rings. The molecule has 2 aromatic carbocycles. The van der Waals surface area contributed by atoms with E-state index in [1.165, 1.54) is 0 Å². The zero-order chi connectivity index (χ0) is 33.1. The Bertz CT molecular complexity index is 1260. The van der Waals surface area contributed by atoms with Crippen LogP contribution in [-0.4, -0.2) is 52.3 Å². The first-order valence-electron chi connectivity index (χ1n) is 16.4. The summed E-state index contributed by atoms with van der Waals surface area (Å²) < 4.78 is 12.0. The Morgan fingerprint density at radius 1 is 0.955 bits per heavy atom. The summed E-state index contributed by atoms with van der Waals surface area (Å²) in [4.78, 5) is 28.5. The van der Waals surface area contributed by atoms with Crippen molar-refractivity contribution < 1.29 is 24.2 Å². The quantitative estimate of drug-likeness (QED) is 0.274. The second kappa shape index (κ2) is 13.6. The second-order valence-electron chi connectivity index (χ2n) is 15.3. The van der Waals surface area contributed by atoms with Gasteiger partial charge in [0.05, 0.1) is 5.56 Å². The Morgan fingerprint density at radius 2 is 1.52 bits per heavy atom. The van der Waals surface area contributed by atoms with Crippen molar-refractivity contribution in [1.82, 2.24) is 4.90 Å². The smallest absolute Gasteiger partial charge is 0.338 e. The molecule has 0 radical (unpaired) electrons. The Labute approximate surface area is 266 Å². The number of rotatable bonds is 10. The van der Waals surface area contributed by atoms with Gasteiger partial charge in [-0.05, 0) is 72.8 Å². The average molecular weight is 608 g/mol. The number of likely N-dealkylation sites (tertiary alicyclic amines) is 1. The van der Waals surface area contributed by atoms with Gasteiger partial charge >= 0.3 is 11.9 Å². The van der Waals surface area contributed by atoms with Gasteiger partial charge in [-0.1, -0.05) is 92.6 Å². The molecule has 1 N–H and O–H groups in total.